The summed E-state index contributed by atoms with van der Waals surface area (Å²) in [5.41, 5.74) is 1.85. The molecule has 1 aliphatic rings. The van der Waals surface area contributed by atoms with Gasteiger partial charge in [-0.1, -0.05) is 19.8 Å². The second kappa shape index (κ2) is 6.87. The van der Waals surface area contributed by atoms with Crippen molar-refractivity contribution in [3.8, 4) is 0 Å². The summed E-state index contributed by atoms with van der Waals surface area (Å²) in [6.45, 7) is 4.64. The second-order valence-corrected chi connectivity index (χ2v) is 7.16. The molecule has 1 saturated carbocycles. The molecule has 0 aliphatic heterocycles. The Kier molecular flexibility index (Phi) is 5.43. The van der Waals surface area contributed by atoms with Crippen molar-refractivity contribution >= 4 is 11.3 Å². The normalized spacial score (nSPS) is 27.9. The molecule has 0 spiro atoms. The van der Waals surface area contributed by atoms with Crippen LogP contribution in [0.2, 0.25) is 0 Å². The molecule has 0 aromatic carbocycles. The average Bonchev–Trinajstić information content (AvgIpc) is 2.87. The number of likely N-dealkylation sites (N-methyl/N-ethyl adjacent to an activating group) is 1. The van der Waals surface area contributed by atoms with E-state index in [9.17, 15) is 0 Å². The lowest BCUT2D eigenvalue weighted by Gasteiger charge is -2.45. The van der Waals surface area contributed by atoms with Gasteiger partial charge < -0.3 is 10.2 Å². The van der Waals surface area contributed by atoms with Gasteiger partial charge in [0.25, 0.3) is 0 Å². The van der Waals surface area contributed by atoms with Gasteiger partial charge in [-0.05, 0) is 68.2 Å². The molecule has 108 valence electrons. The molecular formula is C16H28N2S. The Hall–Kier alpha value is -0.380. The van der Waals surface area contributed by atoms with Crippen molar-refractivity contribution < 1.29 is 0 Å². The first-order chi connectivity index (χ1) is 9.12. The van der Waals surface area contributed by atoms with Crippen LogP contribution in [0.3, 0.4) is 0 Å². The summed E-state index contributed by atoms with van der Waals surface area (Å²) < 4.78 is 0. The van der Waals surface area contributed by atoms with Gasteiger partial charge in [0.05, 0.1) is 0 Å². The third-order valence-corrected chi connectivity index (χ3v) is 5.37. The Morgan fingerprint density at radius 1 is 1.47 bits per heavy atom. The van der Waals surface area contributed by atoms with Crippen LogP contribution < -0.4 is 5.32 Å². The van der Waals surface area contributed by atoms with E-state index in [-0.39, 0.29) is 0 Å². The largest absolute Gasteiger partial charge is 0.315 e. The lowest BCUT2D eigenvalue weighted by Crippen LogP contribution is -2.54. The maximum Gasteiger partial charge on any atom is 0.0330 e. The molecule has 1 aliphatic carbocycles. The summed E-state index contributed by atoms with van der Waals surface area (Å²) in [5.74, 6) is 0.870. The summed E-state index contributed by atoms with van der Waals surface area (Å²) in [6, 6.07) is 2.23. The van der Waals surface area contributed by atoms with Crippen molar-refractivity contribution in [2.75, 3.05) is 27.2 Å². The van der Waals surface area contributed by atoms with E-state index in [0.717, 1.165) is 25.4 Å². The lowest BCUT2D eigenvalue weighted by molar-refractivity contribution is 0.0755. The van der Waals surface area contributed by atoms with Gasteiger partial charge in [-0.3, -0.25) is 0 Å². The standard InChI is InChI=1S/C16H28N2S/c1-14-5-4-8-16(11-14,18(2)3)13-17-9-6-15-7-10-19-12-15/h7,10,12,14,17H,4-6,8-9,11,13H2,1-3H3. The molecule has 2 rings (SSSR count). The van der Waals surface area contributed by atoms with Gasteiger partial charge in [0.2, 0.25) is 0 Å². The molecule has 1 aromatic heterocycles. The highest BCUT2D eigenvalue weighted by atomic mass is 32.1. The number of nitrogens with one attached hydrogen (secondary N) is 1. The number of thiophene rings is 1. The van der Waals surface area contributed by atoms with E-state index in [2.05, 4.69) is 48.1 Å². The van der Waals surface area contributed by atoms with Crippen LogP contribution in [-0.2, 0) is 6.42 Å². The fraction of sp³-hybridized carbons (Fsp3) is 0.750. The maximum atomic E-state index is 3.70. The summed E-state index contributed by atoms with van der Waals surface area (Å²) in [6.07, 6.45) is 6.62. The Bertz CT molecular complexity index is 361. The maximum absolute atomic E-state index is 3.70. The second-order valence-electron chi connectivity index (χ2n) is 6.38. The van der Waals surface area contributed by atoms with Crippen molar-refractivity contribution in [3.63, 3.8) is 0 Å². The van der Waals surface area contributed by atoms with Crippen LogP contribution in [0.4, 0.5) is 0 Å². The zero-order valence-corrected chi connectivity index (χ0v) is 13.4. The Labute approximate surface area is 122 Å². The SMILES string of the molecule is CC1CCCC(CNCCc2ccsc2)(N(C)C)C1. The van der Waals surface area contributed by atoms with Crippen molar-refractivity contribution in [2.24, 2.45) is 5.92 Å². The molecular weight excluding hydrogens is 252 g/mol. The number of rotatable bonds is 6. The summed E-state index contributed by atoms with van der Waals surface area (Å²) in [7, 11) is 4.50. The van der Waals surface area contributed by atoms with Crippen molar-refractivity contribution in [1.82, 2.24) is 10.2 Å². The van der Waals surface area contributed by atoms with Gasteiger partial charge in [-0.25, -0.2) is 0 Å². The molecule has 2 unspecified atom stereocenters. The summed E-state index contributed by atoms with van der Waals surface area (Å²) in [4.78, 5) is 2.46. The monoisotopic (exact) mass is 280 g/mol. The van der Waals surface area contributed by atoms with Crippen molar-refractivity contribution in [1.29, 1.82) is 0 Å². The predicted octanol–water partition coefficient (Wildman–Crippen LogP) is 3.39. The van der Waals surface area contributed by atoms with Gasteiger partial charge >= 0.3 is 0 Å². The molecule has 3 heteroatoms. The number of nitrogens with zero attached hydrogens (tertiary/aromatic N) is 1. The van der Waals surface area contributed by atoms with Crippen LogP contribution in [0.15, 0.2) is 16.8 Å². The first-order valence-electron chi connectivity index (χ1n) is 7.52. The average molecular weight is 280 g/mol. The van der Waals surface area contributed by atoms with Crippen LogP contribution in [-0.4, -0.2) is 37.6 Å². The zero-order chi connectivity index (χ0) is 13.7. The van der Waals surface area contributed by atoms with Gasteiger partial charge in [0, 0.05) is 12.1 Å². The molecule has 19 heavy (non-hydrogen) atoms. The third kappa shape index (κ3) is 4.04. The van der Waals surface area contributed by atoms with Crippen LogP contribution in [0, 0.1) is 5.92 Å². The lowest BCUT2D eigenvalue weighted by atomic mass is 9.75. The van der Waals surface area contributed by atoms with E-state index in [4.69, 9.17) is 0 Å². The highest BCUT2D eigenvalue weighted by molar-refractivity contribution is 7.07. The number of hydrogen-bond acceptors (Lipinski definition) is 3. The third-order valence-electron chi connectivity index (χ3n) is 4.64. The zero-order valence-electron chi connectivity index (χ0n) is 12.6. The minimum absolute atomic E-state index is 0.381. The van der Waals surface area contributed by atoms with E-state index in [1.54, 1.807) is 11.3 Å². The molecule has 0 amide bonds. The quantitative estimate of drug-likeness (QED) is 0.804. The van der Waals surface area contributed by atoms with Crippen LogP contribution >= 0.6 is 11.3 Å². The summed E-state index contributed by atoms with van der Waals surface area (Å²) >= 11 is 1.79. The highest BCUT2D eigenvalue weighted by Gasteiger charge is 2.36. The summed E-state index contributed by atoms with van der Waals surface area (Å²) in [5, 5.41) is 8.12. The van der Waals surface area contributed by atoms with Crippen LogP contribution in [0.25, 0.3) is 0 Å². The van der Waals surface area contributed by atoms with E-state index in [1.807, 2.05) is 0 Å². The fourth-order valence-corrected chi connectivity index (χ4v) is 4.05. The van der Waals surface area contributed by atoms with Crippen LogP contribution in [0.1, 0.15) is 38.2 Å². The molecule has 1 aromatic rings. The molecule has 1 N–H and O–H groups in total. The molecule has 2 nitrogen and oxygen atoms in total. The molecule has 0 bridgehead atoms. The number of hydrogen-bond donors (Lipinski definition) is 1. The first kappa shape index (κ1) is 15.0. The Balaban J connectivity index is 1.80. The van der Waals surface area contributed by atoms with E-state index in [1.165, 1.54) is 31.2 Å². The van der Waals surface area contributed by atoms with E-state index >= 15 is 0 Å². The van der Waals surface area contributed by atoms with Gasteiger partial charge in [-0.2, -0.15) is 11.3 Å². The molecule has 1 fully saturated rings. The smallest absolute Gasteiger partial charge is 0.0330 e. The minimum atomic E-state index is 0.381. The van der Waals surface area contributed by atoms with Crippen molar-refractivity contribution in [2.45, 2.75) is 44.6 Å². The van der Waals surface area contributed by atoms with E-state index in [0.29, 0.717) is 5.54 Å². The first-order valence-corrected chi connectivity index (χ1v) is 8.46. The topological polar surface area (TPSA) is 15.3 Å². The predicted molar refractivity (Wildman–Crippen MR) is 84.9 cm³/mol. The minimum Gasteiger partial charge on any atom is -0.315 e. The fourth-order valence-electron chi connectivity index (χ4n) is 3.35. The highest BCUT2D eigenvalue weighted by Crippen LogP contribution is 2.35. The molecule has 1 heterocycles. The van der Waals surface area contributed by atoms with E-state index < -0.39 is 0 Å². The van der Waals surface area contributed by atoms with Gasteiger partial charge in [0.15, 0.2) is 0 Å². The Morgan fingerprint density at radius 2 is 2.32 bits per heavy atom. The Morgan fingerprint density at radius 3 is 2.95 bits per heavy atom. The molecule has 0 saturated heterocycles. The molecule has 0 radical (unpaired) electrons. The molecule has 2 atom stereocenters. The van der Waals surface area contributed by atoms with Gasteiger partial charge in [-0.15, -0.1) is 0 Å². The van der Waals surface area contributed by atoms with Gasteiger partial charge in [0.1, 0.15) is 0 Å². The van der Waals surface area contributed by atoms with Crippen LogP contribution in [0.5, 0.6) is 0 Å². The van der Waals surface area contributed by atoms with Crippen molar-refractivity contribution in [3.05, 3.63) is 22.4 Å².